The average molecular weight is 1030 g/mol. The van der Waals surface area contributed by atoms with Crippen molar-refractivity contribution in [3.8, 4) is 67.5 Å². The van der Waals surface area contributed by atoms with E-state index in [-0.39, 0.29) is 54.0 Å². The summed E-state index contributed by atoms with van der Waals surface area (Å²) >= 11 is 0. The summed E-state index contributed by atoms with van der Waals surface area (Å²) in [4.78, 5) is 10.3. The second-order valence-corrected chi connectivity index (χ2v) is 20.8. The van der Waals surface area contributed by atoms with Crippen molar-refractivity contribution >= 4 is 11.0 Å². The predicted molar refractivity (Wildman–Crippen MR) is 266 cm³/mol. The summed E-state index contributed by atoms with van der Waals surface area (Å²) in [6, 6.07) is 36.4. The molecule has 0 spiro atoms. The van der Waals surface area contributed by atoms with Gasteiger partial charge < -0.3 is 5.11 Å². The first-order chi connectivity index (χ1) is 32.5. The molecule has 0 fully saturated rings. The summed E-state index contributed by atoms with van der Waals surface area (Å²) in [5.74, 6) is 0.773. The number of para-hydroxylation sites is 1. The van der Waals surface area contributed by atoms with Crippen LogP contribution in [0.1, 0.15) is 120 Å². The van der Waals surface area contributed by atoms with E-state index >= 15 is 0 Å². The molecule has 2 heterocycles. The van der Waals surface area contributed by atoms with E-state index in [0.717, 1.165) is 55.7 Å². The van der Waals surface area contributed by atoms with Crippen LogP contribution in [0.5, 0.6) is 5.75 Å². The Kier molecular flexibility index (Phi) is 10.1. The van der Waals surface area contributed by atoms with Crippen LogP contribution in [-0.2, 0) is 42.7 Å². The molecule has 2 aromatic heterocycles. The molecule has 0 atom stereocenters. The molecule has 8 aromatic rings. The van der Waals surface area contributed by atoms with E-state index in [1.54, 1.807) is 18.3 Å². The van der Waals surface area contributed by atoms with E-state index in [0.29, 0.717) is 33.7 Å². The van der Waals surface area contributed by atoms with Crippen LogP contribution in [0.15, 0.2) is 133 Å². The summed E-state index contributed by atoms with van der Waals surface area (Å²) in [7, 11) is 0. The first-order valence-corrected chi connectivity index (χ1v) is 21.7. The number of imidazole rings is 1. The molecule has 4 nitrogen and oxygen atoms in total. The molecule has 0 aliphatic rings. The topological polar surface area (TPSA) is 50.9 Å². The van der Waals surface area contributed by atoms with Crippen molar-refractivity contribution in [2.45, 2.75) is 112 Å². The molecule has 330 valence electrons. The molecule has 8 rings (SSSR count). The van der Waals surface area contributed by atoms with Crippen molar-refractivity contribution in [1.82, 2.24) is 14.5 Å². The molecule has 0 aliphatic heterocycles. The third-order valence-electron chi connectivity index (χ3n) is 11.8. The molecule has 0 amide bonds. The number of aromatic hydroxyl groups is 1. The average Bonchev–Trinajstić information content (AvgIpc) is 3.66. The Hall–Kier alpha value is -5.57. The number of phenolic OH excluding ortho intramolecular Hbond substituents is 1. The van der Waals surface area contributed by atoms with Crippen molar-refractivity contribution in [2.24, 2.45) is 0 Å². The molecule has 0 saturated heterocycles. The summed E-state index contributed by atoms with van der Waals surface area (Å²) in [6.07, 6.45) is 1.55. The van der Waals surface area contributed by atoms with Gasteiger partial charge in [-0.15, -0.1) is 29.3 Å². The summed E-state index contributed by atoms with van der Waals surface area (Å²) < 4.78 is 60.8. The zero-order valence-electron chi connectivity index (χ0n) is 46.0. The van der Waals surface area contributed by atoms with E-state index in [9.17, 15) is 5.11 Å². The minimum absolute atomic E-state index is 0. The molecule has 1 N–H and O–H groups in total. The van der Waals surface area contributed by atoms with Crippen LogP contribution >= 0.6 is 0 Å². The van der Waals surface area contributed by atoms with Gasteiger partial charge in [0.25, 0.3) is 0 Å². The minimum Gasteiger partial charge on any atom is -0.507 e. The normalized spacial score (nSPS) is 14.2. The monoisotopic (exact) mass is 1030 g/mol. The van der Waals surface area contributed by atoms with E-state index in [1.807, 2.05) is 24.3 Å². The van der Waals surface area contributed by atoms with Crippen LogP contribution < -0.4 is 0 Å². The smallest absolute Gasteiger partial charge is 0.148 e. The molecular weight excluding hydrogens is 962 g/mol. The van der Waals surface area contributed by atoms with E-state index in [1.165, 1.54) is 0 Å². The number of aromatic nitrogens is 3. The van der Waals surface area contributed by atoms with Crippen LogP contribution in [0, 0.1) is 12.9 Å². The number of rotatable bonds is 6. The maximum Gasteiger partial charge on any atom is 0.148 e. The Morgan fingerprint density at radius 1 is 0.578 bits per heavy atom. The van der Waals surface area contributed by atoms with Gasteiger partial charge in [-0.05, 0) is 92.2 Å². The fraction of sp³-hybridized carbons (Fsp3) is 0.288. The van der Waals surface area contributed by atoms with Gasteiger partial charge in [-0.3, -0.25) is 9.55 Å². The molecule has 5 heteroatoms. The largest absolute Gasteiger partial charge is 0.507 e. The third-order valence-corrected chi connectivity index (χ3v) is 11.8. The maximum absolute atomic E-state index is 12.5. The second-order valence-electron chi connectivity index (χ2n) is 20.8. The van der Waals surface area contributed by atoms with Gasteiger partial charge in [-0.1, -0.05) is 185 Å². The Morgan fingerprint density at radius 2 is 1.23 bits per heavy atom. The molecule has 0 saturated carbocycles. The SMILES string of the molecule is [2H]c1c([2H])c(C([2H])([2H])[2H])c([2H])c([2H])c1-c1ccnc(-c2[c-]c(-c3cccc4c3nc(-c3cc(C(C)(C)C)cc(C(C)(C)C)c3O)n4-c3ccc(-c4ccccc4)c(C(C)(C)C)c3)cc(C(C)(C)C)c2)c1.[Pt]. The summed E-state index contributed by atoms with van der Waals surface area (Å²) in [5.41, 5.74) is 10.6. The van der Waals surface area contributed by atoms with Gasteiger partial charge in [-0.25, -0.2) is 4.98 Å². The Balaban J connectivity index is 0.00000741. The molecule has 0 radical (unpaired) electrons. The number of phenols is 1. The van der Waals surface area contributed by atoms with Crippen LogP contribution in [0.25, 0.3) is 72.7 Å². The van der Waals surface area contributed by atoms with Gasteiger partial charge >= 0.3 is 0 Å². The fourth-order valence-electron chi connectivity index (χ4n) is 8.21. The van der Waals surface area contributed by atoms with Gasteiger partial charge in [0.1, 0.15) is 11.6 Å². The number of hydrogen-bond acceptors (Lipinski definition) is 3. The fourth-order valence-corrected chi connectivity index (χ4v) is 8.21. The zero-order valence-corrected chi connectivity index (χ0v) is 41.3. The van der Waals surface area contributed by atoms with E-state index < -0.39 is 36.6 Å². The molecule has 6 aromatic carbocycles. The number of hydrogen-bond donors (Lipinski definition) is 1. The second kappa shape index (κ2) is 17.1. The quantitative estimate of drug-likeness (QED) is 0.169. The molecule has 0 bridgehead atoms. The first-order valence-electron chi connectivity index (χ1n) is 25.2. The standard InChI is InChI=1S/C59H62N3O.Pt/c1-37-22-24-38(25-23-37)40-28-29-60-51(33-40)42-30-41(31-43(32-42)56(2,3)4)47-20-17-21-52-53(47)61-55(48-34-44(57(5,6)7)35-50(54(48)63)59(11,12)13)62(52)45-26-27-46(39-18-15-14-16-19-39)49(36-45)58(8,9)10;/h14-29,31-36,63H,1-13H3;/q-1;/i1D3,22D,23D,24D,25D;. The number of benzene rings is 6. The van der Waals surface area contributed by atoms with Crippen molar-refractivity contribution < 1.29 is 35.8 Å². The van der Waals surface area contributed by atoms with Crippen molar-refractivity contribution in [1.29, 1.82) is 0 Å². The van der Waals surface area contributed by atoms with Gasteiger partial charge in [0.15, 0.2) is 0 Å². The van der Waals surface area contributed by atoms with Gasteiger partial charge in [-0.2, -0.15) is 0 Å². The van der Waals surface area contributed by atoms with Crippen molar-refractivity contribution in [2.75, 3.05) is 0 Å². The minimum atomic E-state index is -2.82. The van der Waals surface area contributed by atoms with Crippen LogP contribution in [-0.4, -0.2) is 19.6 Å². The Bertz CT molecular complexity index is 3320. The molecule has 0 unspecified atom stereocenters. The van der Waals surface area contributed by atoms with Crippen molar-refractivity contribution in [3.05, 3.63) is 167 Å². The van der Waals surface area contributed by atoms with Crippen LogP contribution in [0.4, 0.5) is 0 Å². The van der Waals surface area contributed by atoms with E-state index in [2.05, 4.69) is 160 Å². The molecular formula is C59H62N3OPt-. The molecule has 64 heavy (non-hydrogen) atoms. The van der Waals surface area contributed by atoms with Gasteiger partial charge in [0.2, 0.25) is 0 Å². The third kappa shape index (κ3) is 9.18. The van der Waals surface area contributed by atoms with Crippen molar-refractivity contribution in [3.63, 3.8) is 0 Å². The Labute approximate surface area is 406 Å². The van der Waals surface area contributed by atoms with Gasteiger partial charge in [0.05, 0.1) is 22.1 Å². The Morgan fingerprint density at radius 3 is 1.88 bits per heavy atom. The molecule has 0 aliphatic carbocycles. The first kappa shape index (κ1) is 37.8. The summed E-state index contributed by atoms with van der Waals surface area (Å²) in [6.45, 7) is 23.1. The summed E-state index contributed by atoms with van der Waals surface area (Å²) in [5, 5.41) is 12.5. The number of nitrogens with zero attached hydrogens (tertiary/aromatic N) is 3. The van der Waals surface area contributed by atoms with Crippen LogP contribution in [0.2, 0.25) is 0 Å². The van der Waals surface area contributed by atoms with Gasteiger partial charge in [0, 0.05) is 48.3 Å². The number of pyridine rings is 1. The predicted octanol–water partition coefficient (Wildman–Crippen LogP) is 15.8. The zero-order chi connectivity index (χ0) is 51.2. The maximum atomic E-state index is 12.5. The number of fused-ring (bicyclic) bond motifs is 1. The van der Waals surface area contributed by atoms with Crippen LogP contribution in [0.3, 0.4) is 0 Å². The van der Waals surface area contributed by atoms with E-state index in [4.69, 9.17) is 19.6 Å².